The number of carbonyl (C=O) groups excluding carboxylic acids is 4. The Morgan fingerprint density at radius 3 is 2.44 bits per heavy atom. The number of fused-ring (bicyclic) bond motifs is 1. The standard InChI is InChI=1S/C36H33ClFN3O5S2/c1-46-36(45)32-25-15-7-2-3-8-18-30(25)48-35(32)41-31(42)21-47-24-14-9-13-23(19-24)39-34(44)29(20-26-27(37)16-10-17-28(26)38)40-33(43)22-11-5-4-6-12-22/h4-6,9-14,16-17,19-20H,2-3,7-8,15,18,21H2,1H3,(H,39,44)(H,40,43)(H,41,42)/b29-20+. The van der Waals surface area contributed by atoms with Crippen LogP contribution < -0.4 is 16.0 Å². The fraction of sp³-hybridized carbons (Fsp3) is 0.222. The first-order valence-electron chi connectivity index (χ1n) is 15.3. The Hall–Kier alpha value is -4.45. The number of amides is 3. The van der Waals surface area contributed by atoms with E-state index in [9.17, 15) is 23.6 Å². The molecule has 3 N–H and O–H groups in total. The van der Waals surface area contributed by atoms with Crippen molar-refractivity contribution in [1.29, 1.82) is 0 Å². The molecule has 248 valence electrons. The summed E-state index contributed by atoms with van der Waals surface area (Å²) in [4.78, 5) is 54.0. The first-order chi connectivity index (χ1) is 23.2. The number of methoxy groups -OCH3 is 1. The van der Waals surface area contributed by atoms with Gasteiger partial charge >= 0.3 is 5.97 Å². The van der Waals surface area contributed by atoms with Gasteiger partial charge in [0.2, 0.25) is 5.91 Å². The van der Waals surface area contributed by atoms with Crippen molar-refractivity contribution in [2.75, 3.05) is 23.5 Å². The number of carbonyl (C=O) groups is 4. The van der Waals surface area contributed by atoms with Crippen LogP contribution in [0.2, 0.25) is 5.02 Å². The summed E-state index contributed by atoms with van der Waals surface area (Å²) in [7, 11) is 1.34. The summed E-state index contributed by atoms with van der Waals surface area (Å²) in [6, 6.07) is 19.3. The molecule has 3 aromatic carbocycles. The average molecular weight is 706 g/mol. The Balaban J connectivity index is 1.29. The van der Waals surface area contributed by atoms with Crippen molar-refractivity contribution in [2.45, 2.75) is 43.4 Å². The van der Waals surface area contributed by atoms with Gasteiger partial charge in [-0.2, -0.15) is 0 Å². The van der Waals surface area contributed by atoms with Crippen LogP contribution in [0.3, 0.4) is 0 Å². The molecule has 12 heteroatoms. The topological polar surface area (TPSA) is 114 Å². The van der Waals surface area contributed by atoms with Crippen LogP contribution in [-0.4, -0.2) is 36.6 Å². The number of hydrogen-bond donors (Lipinski definition) is 3. The first kappa shape index (κ1) is 34.9. The SMILES string of the molecule is COC(=O)c1c(NC(=O)CSc2cccc(NC(=O)/C(=C\c3c(F)cccc3Cl)NC(=O)c3ccccc3)c2)sc2c1CCCCCC2. The fourth-order valence-electron chi connectivity index (χ4n) is 5.23. The Morgan fingerprint density at radius 2 is 1.69 bits per heavy atom. The van der Waals surface area contributed by atoms with Gasteiger partial charge in [-0.15, -0.1) is 23.1 Å². The molecule has 3 amide bonds. The number of thioether (sulfide) groups is 1. The molecule has 0 bridgehead atoms. The van der Waals surface area contributed by atoms with Gasteiger partial charge in [-0.05, 0) is 79.8 Å². The minimum Gasteiger partial charge on any atom is -0.465 e. The van der Waals surface area contributed by atoms with Gasteiger partial charge in [0.1, 0.15) is 16.5 Å². The van der Waals surface area contributed by atoms with Gasteiger partial charge in [0.15, 0.2) is 0 Å². The Morgan fingerprint density at radius 1 is 0.938 bits per heavy atom. The second-order valence-electron chi connectivity index (χ2n) is 10.9. The lowest BCUT2D eigenvalue weighted by atomic mass is 9.96. The van der Waals surface area contributed by atoms with E-state index in [0.717, 1.165) is 49.0 Å². The smallest absolute Gasteiger partial charge is 0.341 e. The molecule has 8 nitrogen and oxygen atoms in total. The van der Waals surface area contributed by atoms with Gasteiger partial charge in [0.05, 0.1) is 23.4 Å². The van der Waals surface area contributed by atoms with E-state index in [1.54, 1.807) is 54.6 Å². The molecule has 1 heterocycles. The molecule has 0 unspecified atom stereocenters. The summed E-state index contributed by atoms with van der Waals surface area (Å²) in [5.41, 5.74) is 1.84. The van der Waals surface area contributed by atoms with E-state index >= 15 is 0 Å². The van der Waals surface area contributed by atoms with Crippen LogP contribution in [0.15, 0.2) is 83.4 Å². The van der Waals surface area contributed by atoms with E-state index in [1.807, 2.05) is 0 Å². The van der Waals surface area contributed by atoms with Crippen molar-refractivity contribution < 1.29 is 28.3 Å². The number of nitrogens with one attached hydrogen (secondary N) is 3. The average Bonchev–Trinajstić information content (AvgIpc) is 3.40. The molecule has 1 aromatic heterocycles. The van der Waals surface area contributed by atoms with E-state index in [1.165, 1.54) is 54.5 Å². The molecule has 0 radical (unpaired) electrons. The molecule has 0 aliphatic heterocycles. The van der Waals surface area contributed by atoms with Crippen molar-refractivity contribution in [2.24, 2.45) is 0 Å². The summed E-state index contributed by atoms with van der Waals surface area (Å²) in [5, 5.41) is 8.80. The van der Waals surface area contributed by atoms with Gasteiger partial charge in [-0.25, -0.2) is 9.18 Å². The first-order valence-corrected chi connectivity index (χ1v) is 17.5. The van der Waals surface area contributed by atoms with E-state index < -0.39 is 23.6 Å². The molecule has 1 aliphatic carbocycles. The lowest BCUT2D eigenvalue weighted by Crippen LogP contribution is -2.30. The van der Waals surface area contributed by atoms with Crippen molar-refractivity contribution in [3.8, 4) is 0 Å². The van der Waals surface area contributed by atoms with E-state index in [4.69, 9.17) is 16.3 Å². The molecular formula is C36H33ClFN3O5S2. The monoisotopic (exact) mass is 705 g/mol. The summed E-state index contributed by atoms with van der Waals surface area (Å²) in [5.74, 6) is -2.62. The highest BCUT2D eigenvalue weighted by Gasteiger charge is 2.26. The van der Waals surface area contributed by atoms with Gasteiger partial charge in [-0.1, -0.05) is 54.8 Å². The van der Waals surface area contributed by atoms with E-state index in [-0.39, 0.29) is 27.9 Å². The maximum absolute atomic E-state index is 14.6. The zero-order valence-electron chi connectivity index (χ0n) is 26.1. The number of hydrogen-bond acceptors (Lipinski definition) is 7. The Bertz CT molecular complexity index is 1840. The van der Waals surface area contributed by atoms with Gasteiger partial charge in [0, 0.05) is 26.6 Å². The minimum absolute atomic E-state index is 0.0463. The quantitative estimate of drug-likeness (QED) is 0.0873. The Labute approximate surface area is 291 Å². The predicted molar refractivity (Wildman–Crippen MR) is 189 cm³/mol. The maximum Gasteiger partial charge on any atom is 0.341 e. The van der Waals surface area contributed by atoms with Crippen LogP contribution in [-0.2, 0) is 27.2 Å². The van der Waals surface area contributed by atoms with Crippen LogP contribution in [0, 0.1) is 5.82 Å². The number of aryl methyl sites for hydroxylation is 1. The number of ether oxygens (including phenoxy) is 1. The summed E-state index contributed by atoms with van der Waals surface area (Å²) in [6.07, 6.45) is 7.10. The molecule has 0 fully saturated rings. The Kier molecular flexibility index (Phi) is 12.1. The molecule has 4 aromatic rings. The normalized spacial score (nSPS) is 13.0. The minimum atomic E-state index is -0.706. The number of benzene rings is 3. The van der Waals surface area contributed by atoms with Crippen molar-refractivity contribution in [1.82, 2.24) is 5.32 Å². The van der Waals surface area contributed by atoms with Crippen molar-refractivity contribution in [3.05, 3.63) is 116 Å². The lowest BCUT2D eigenvalue weighted by molar-refractivity contribution is -0.114. The van der Waals surface area contributed by atoms with Crippen LogP contribution in [0.25, 0.3) is 6.08 Å². The third-order valence-electron chi connectivity index (χ3n) is 7.59. The molecule has 5 rings (SSSR count). The number of thiophene rings is 1. The van der Waals surface area contributed by atoms with Gasteiger partial charge in [0.25, 0.3) is 11.8 Å². The van der Waals surface area contributed by atoms with Crippen molar-refractivity contribution >= 4 is 75.2 Å². The third-order valence-corrected chi connectivity index (χ3v) is 10.1. The van der Waals surface area contributed by atoms with Gasteiger partial charge < -0.3 is 20.7 Å². The summed E-state index contributed by atoms with van der Waals surface area (Å²) in [6.45, 7) is 0. The van der Waals surface area contributed by atoms with E-state index in [2.05, 4.69) is 16.0 Å². The van der Waals surface area contributed by atoms with Crippen LogP contribution in [0.1, 0.15) is 62.4 Å². The fourth-order valence-corrected chi connectivity index (χ4v) is 7.50. The number of rotatable bonds is 10. The van der Waals surface area contributed by atoms with Crippen LogP contribution >= 0.6 is 34.7 Å². The second-order valence-corrected chi connectivity index (χ2v) is 13.5. The summed E-state index contributed by atoms with van der Waals surface area (Å²) < 4.78 is 19.7. The van der Waals surface area contributed by atoms with Crippen molar-refractivity contribution in [3.63, 3.8) is 0 Å². The number of halogens is 2. The molecule has 48 heavy (non-hydrogen) atoms. The maximum atomic E-state index is 14.6. The molecule has 0 saturated heterocycles. The number of anilines is 2. The second kappa shape index (κ2) is 16.6. The molecule has 1 aliphatic rings. The summed E-state index contributed by atoms with van der Waals surface area (Å²) >= 11 is 8.89. The third kappa shape index (κ3) is 8.91. The molecule has 0 atom stereocenters. The zero-order chi connectivity index (χ0) is 34.0. The molecule has 0 spiro atoms. The van der Waals surface area contributed by atoms with Crippen LogP contribution in [0.5, 0.6) is 0 Å². The van der Waals surface area contributed by atoms with Gasteiger partial charge in [-0.3, -0.25) is 14.4 Å². The highest BCUT2D eigenvalue weighted by Crippen LogP contribution is 2.38. The van der Waals surface area contributed by atoms with Crippen LogP contribution in [0.4, 0.5) is 15.1 Å². The zero-order valence-corrected chi connectivity index (χ0v) is 28.5. The lowest BCUT2D eigenvalue weighted by Gasteiger charge is -2.13. The number of esters is 1. The van der Waals surface area contributed by atoms with E-state index in [0.29, 0.717) is 26.7 Å². The highest BCUT2D eigenvalue weighted by molar-refractivity contribution is 8.00. The largest absolute Gasteiger partial charge is 0.465 e. The highest BCUT2D eigenvalue weighted by atomic mass is 35.5. The molecule has 0 saturated carbocycles. The predicted octanol–water partition coefficient (Wildman–Crippen LogP) is 8.13. The molecular weight excluding hydrogens is 673 g/mol.